The van der Waals surface area contributed by atoms with Crippen molar-refractivity contribution in [3.63, 3.8) is 0 Å². The van der Waals surface area contributed by atoms with Crippen molar-refractivity contribution in [3.05, 3.63) is 206 Å². The van der Waals surface area contributed by atoms with E-state index >= 15 is 0 Å². The SMILES string of the molecule is c1cc(-c2ccc(N(c3ccc4c(c3)oc3ccccc34)c3ccc4c(c3)sc3ccccc34)cc2)cc(-c2ccccc2-n2c3ccccc3c3ccccc32)c1. The molecule has 4 heteroatoms. The van der Waals surface area contributed by atoms with Crippen molar-refractivity contribution in [2.24, 2.45) is 0 Å². The first-order valence-corrected chi connectivity index (χ1v) is 20.5. The maximum atomic E-state index is 6.40. The Morgan fingerprint density at radius 3 is 1.76 bits per heavy atom. The Morgan fingerprint density at radius 1 is 0.362 bits per heavy atom. The number of furan rings is 1. The summed E-state index contributed by atoms with van der Waals surface area (Å²) in [6, 6.07) is 74.5. The van der Waals surface area contributed by atoms with Gasteiger partial charge >= 0.3 is 0 Å². The summed E-state index contributed by atoms with van der Waals surface area (Å²) in [5.74, 6) is 0. The second-order valence-electron chi connectivity index (χ2n) is 14.9. The third kappa shape index (κ3) is 5.19. The van der Waals surface area contributed by atoms with Gasteiger partial charge in [-0.3, -0.25) is 0 Å². The minimum absolute atomic E-state index is 0.876. The van der Waals surface area contributed by atoms with Crippen molar-refractivity contribution in [2.75, 3.05) is 4.90 Å². The molecule has 0 atom stereocenters. The Morgan fingerprint density at radius 2 is 0.948 bits per heavy atom. The largest absolute Gasteiger partial charge is 0.456 e. The van der Waals surface area contributed by atoms with Crippen LogP contribution in [0.25, 0.3) is 91.9 Å². The van der Waals surface area contributed by atoms with Crippen LogP contribution in [0.5, 0.6) is 0 Å². The van der Waals surface area contributed by atoms with Gasteiger partial charge in [-0.25, -0.2) is 0 Å². The highest BCUT2D eigenvalue weighted by Crippen LogP contribution is 2.43. The van der Waals surface area contributed by atoms with E-state index in [1.165, 1.54) is 64.4 Å². The second kappa shape index (κ2) is 13.1. The Kier molecular flexibility index (Phi) is 7.40. The third-order valence-electron chi connectivity index (χ3n) is 11.6. The quantitative estimate of drug-likeness (QED) is 0.168. The van der Waals surface area contributed by atoms with Crippen molar-refractivity contribution < 1.29 is 4.42 Å². The molecule has 0 fully saturated rings. The lowest BCUT2D eigenvalue weighted by atomic mass is 9.97. The average Bonchev–Trinajstić information content (AvgIpc) is 3.96. The summed E-state index contributed by atoms with van der Waals surface area (Å²) in [7, 11) is 0. The molecule has 0 spiro atoms. The monoisotopic (exact) mass is 758 g/mol. The summed E-state index contributed by atoms with van der Waals surface area (Å²) in [4.78, 5) is 2.35. The first kappa shape index (κ1) is 32.8. The van der Waals surface area contributed by atoms with E-state index in [9.17, 15) is 0 Å². The molecular formula is C54H34N2OS. The van der Waals surface area contributed by atoms with Gasteiger partial charge in [-0.2, -0.15) is 0 Å². The van der Waals surface area contributed by atoms with Gasteiger partial charge in [0.25, 0.3) is 0 Å². The highest BCUT2D eigenvalue weighted by Gasteiger charge is 2.19. The normalized spacial score (nSPS) is 11.8. The number of benzene rings is 9. The zero-order chi connectivity index (χ0) is 38.2. The fraction of sp³-hybridized carbons (Fsp3) is 0. The Balaban J connectivity index is 0.958. The van der Waals surface area contributed by atoms with Crippen LogP contribution in [-0.2, 0) is 0 Å². The molecule has 0 saturated heterocycles. The Hall–Kier alpha value is -7.40. The second-order valence-corrected chi connectivity index (χ2v) is 16.0. The molecule has 0 radical (unpaired) electrons. The number of fused-ring (bicyclic) bond motifs is 9. The lowest BCUT2D eigenvalue weighted by Crippen LogP contribution is -2.09. The van der Waals surface area contributed by atoms with Crippen LogP contribution in [0.4, 0.5) is 17.1 Å². The molecule has 12 aromatic rings. The average molecular weight is 759 g/mol. The molecule has 3 nitrogen and oxygen atoms in total. The molecule has 3 aromatic heterocycles. The molecule has 272 valence electrons. The molecule has 0 aliphatic rings. The minimum atomic E-state index is 0.876. The molecule has 0 unspecified atom stereocenters. The summed E-state index contributed by atoms with van der Waals surface area (Å²) in [5, 5.41) is 7.36. The Labute approximate surface area is 338 Å². The molecule has 9 aromatic carbocycles. The van der Waals surface area contributed by atoms with E-state index in [1.807, 2.05) is 23.5 Å². The number of nitrogens with zero attached hydrogens (tertiary/aromatic N) is 2. The van der Waals surface area contributed by atoms with Crippen LogP contribution >= 0.6 is 11.3 Å². The highest BCUT2D eigenvalue weighted by atomic mass is 32.1. The van der Waals surface area contributed by atoms with E-state index < -0.39 is 0 Å². The molecule has 0 saturated carbocycles. The van der Waals surface area contributed by atoms with Crippen LogP contribution in [0.1, 0.15) is 0 Å². The number of thiophene rings is 1. The van der Waals surface area contributed by atoms with Gasteiger partial charge in [0.05, 0.1) is 16.7 Å². The maximum Gasteiger partial charge on any atom is 0.137 e. The summed E-state index contributed by atoms with van der Waals surface area (Å²) in [6.07, 6.45) is 0. The van der Waals surface area contributed by atoms with E-state index in [4.69, 9.17) is 4.42 Å². The van der Waals surface area contributed by atoms with E-state index in [2.05, 4.69) is 204 Å². The number of hydrogen-bond donors (Lipinski definition) is 0. The summed E-state index contributed by atoms with van der Waals surface area (Å²) >= 11 is 1.84. The molecule has 0 bridgehead atoms. The van der Waals surface area contributed by atoms with Crippen LogP contribution in [0.15, 0.2) is 211 Å². The van der Waals surface area contributed by atoms with Gasteiger partial charge in [0, 0.05) is 70.4 Å². The molecule has 0 aliphatic heterocycles. The first-order chi connectivity index (χ1) is 28.7. The van der Waals surface area contributed by atoms with Gasteiger partial charge in [0.2, 0.25) is 0 Å². The minimum Gasteiger partial charge on any atom is -0.456 e. The molecular weight excluding hydrogens is 725 g/mol. The zero-order valence-corrected chi connectivity index (χ0v) is 32.2. The van der Waals surface area contributed by atoms with E-state index in [-0.39, 0.29) is 0 Å². The highest BCUT2D eigenvalue weighted by molar-refractivity contribution is 7.25. The standard InChI is InChI=1S/C54H34N2OS/c1-6-19-48(56-49-20-7-2-15-42(49)43-16-3-8-21-50(43)56)41(14-1)37-13-11-12-36(32-37)35-24-26-38(27-25-35)55(39-28-30-45-44-17-4-9-22-51(44)57-52(45)33-39)40-29-31-47-46-18-5-10-23-53(46)58-54(47)34-40/h1-34H. The third-order valence-corrected chi connectivity index (χ3v) is 12.7. The van der Waals surface area contributed by atoms with Crippen molar-refractivity contribution in [1.82, 2.24) is 4.57 Å². The van der Waals surface area contributed by atoms with Crippen molar-refractivity contribution in [1.29, 1.82) is 0 Å². The van der Waals surface area contributed by atoms with Crippen LogP contribution in [-0.4, -0.2) is 4.57 Å². The number of rotatable bonds is 6. The van der Waals surface area contributed by atoms with Gasteiger partial charge in [0.15, 0.2) is 0 Å². The van der Waals surface area contributed by atoms with Gasteiger partial charge in [-0.05, 0) is 89.5 Å². The first-order valence-electron chi connectivity index (χ1n) is 19.7. The summed E-state index contributed by atoms with van der Waals surface area (Å²) in [5.41, 5.74) is 13.3. The summed E-state index contributed by atoms with van der Waals surface area (Å²) in [6.45, 7) is 0. The number of anilines is 3. The van der Waals surface area contributed by atoms with Crippen LogP contribution < -0.4 is 4.90 Å². The van der Waals surface area contributed by atoms with Crippen LogP contribution in [0.3, 0.4) is 0 Å². The van der Waals surface area contributed by atoms with Gasteiger partial charge < -0.3 is 13.9 Å². The van der Waals surface area contributed by atoms with Gasteiger partial charge in [-0.1, -0.05) is 127 Å². The summed E-state index contributed by atoms with van der Waals surface area (Å²) < 4.78 is 11.4. The van der Waals surface area contributed by atoms with Crippen molar-refractivity contribution in [3.8, 4) is 27.9 Å². The van der Waals surface area contributed by atoms with Crippen molar-refractivity contribution in [2.45, 2.75) is 0 Å². The number of hydrogen-bond acceptors (Lipinski definition) is 3. The molecule has 0 aliphatic carbocycles. The lowest BCUT2D eigenvalue weighted by molar-refractivity contribution is 0.669. The van der Waals surface area contributed by atoms with E-state index in [0.29, 0.717) is 0 Å². The molecule has 3 heterocycles. The maximum absolute atomic E-state index is 6.40. The molecule has 0 N–H and O–H groups in total. The van der Waals surface area contributed by atoms with Gasteiger partial charge in [-0.15, -0.1) is 11.3 Å². The lowest BCUT2D eigenvalue weighted by Gasteiger charge is -2.26. The Bertz CT molecular complexity index is 3370. The molecule has 0 amide bonds. The fourth-order valence-corrected chi connectivity index (χ4v) is 10.1. The van der Waals surface area contributed by atoms with Crippen LogP contribution in [0.2, 0.25) is 0 Å². The topological polar surface area (TPSA) is 21.3 Å². The number of aromatic nitrogens is 1. The zero-order valence-electron chi connectivity index (χ0n) is 31.3. The van der Waals surface area contributed by atoms with Gasteiger partial charge in [0.1, 0.15) is 11.2 Å². The van der Waals surface area contributed by atoms with Crippen molar-refractivity contribution >= 4 is 92.3 Å². The predicted molar refractivity (Wildman–Crippen MR) is 247 cm³/mol. The molecule has 58 heavy (non-hydrogen) atoms. The smallest absolute Gasteiger partial charge is 0.137 e. The predicted octanol–water partition coefficient (Wildman–Crippen LogP) is 15.9. The van der Waals surface area contributed by atoms with E-state index in [0.717, 1.165) is 44.6 Å². The van der Waals surface area contributed by atoms with Crippen LogP contribution in [0, 0.1) is 0 Å². The number of para-hydroxylation sites is 4. The van der Waals surface area contributed by atoms with E-state index in [1.54, 1.807) is 0 Å². The molecule has 12 rings (SSSR count). The fourth-order valence-electron chi connectivity index (χ4n) is 8.92.